The van der Waals surface area contributed by atoms with Crippen molar-refractivity contribution in [1.29, 1.82) is 21.0 Å². The SMILES string of the molecule is CCOC(=O)c1cc(C(=O)OCC)c2ccc(C(=C(C#N)C#N)C(c3cc(C(=O)OC)c4cc(C(C)C)cccc3-4)=c3ccc(=C(C#N)C#N)cc3)ccc1-2. The van der Waals surface area contributed by atoms with Gasteiger partial charge in [0.05, 0.1) is 37.0 Å². The van der Waals surface area contributed by atoms with Crippen molar-refractivity contribution in [3.8, 4) is 46.5 Å². The Kier molecular flexibility index (Phi) is 11.9. The topological polar surface area (TPSA) is 174 Å². The molecule has 0 atom stereocenters. The highest BCUT2D eigenvalue weighted by molar-refractivity contribution is 6.14. The summed E-state index contributed by atoms with van der Waals surface area (Å²) in [6.45, 7) is 7.60. The van der Waals surface area contributed by atoms with Gasteiger partial charge in [-0.3, -0.25) is 0 Å². The van der Waals surface area contributed by atoms with E-state index in [9.17, 15) is 35.4 Å². The zero-order chi connectivity index (χ0) is 39.8. The van der Waals surface area contributed by atoms with Crippen LogP contribution in [0, 0.1) is 45.3 Å². The van der Waals surface area contributed by atoms with Gasteiger partial charge in [0.1, 0.15) is 35.4 Å². The Morgan fingerprint density at radius 3 is 1.60 bits per heavy atom. The number of hydrogen-bond acceptors (Lipinski definition) is 10. The van der Waals surface area contributed by atoms with Gasteiger partial charge in [0, 0.05) is 10.8 Å². The fraction of sp³-hybridized carbons (Fsp3) is 0.178. The molecule has 270 valence electrons. The monoisotopic (exact) mass is 726 g/mol. The summed E-state index contributed by atoms with van der Waals surface area (Å²) in [6, 6.07) is 31.6. The first-order valence-corrected chi connectivity index (χ1v) is 17.3. The summed E-state index contributed by atoms with van der Waals surface area (Å²) in [5.41, 5.74) is 4.45. The number of allylic oxidation sites excluding steroid dienone is 2. The Morgan fingerprint density at radius 2 is 1.11 bits per heavy atom. The highest BCUT2D eigenvalue weighted by Gasteiger charge is 2.29. The lowest BCUT2D eigenvalue weighted by molar-refractivity contribution is 0.0525. The van der Waals surface area contributed by atoms with E-state index in [2.05, 4.69) is 0 Å². The zero-order valence-electron chi connectivity index (χ0n) is 30.8. The maximum absolute atomic E-state index is 13.4. The van der Waals surface area contributed by atoms with Crippen LogP contribution < -0.4 is 10.4 Å². The third-order valence-corrected chi connectivity index (χ3v) is 9.07. The average molecular weight is 727 g/mol. The lowest BCUT2D eigenvalue weighted by Gasteiger charge is -2.14. The van der Waals surface area contributed by atoms with Gasteiger partial charge >= 0.3 is 17.9 Å². The number of fused-ring (bicyclic) bond motifs is 2. The van der Waals surface area contributed by atoms with Gasteiger partial charge in [-0.05, 0) is 81.6 Å². The Bertz CT molecular complexity index is 2540. The summed E-state index contributed by atoms with van der Waals surface area (Å²) in [7, 11) is 1.29. The number of methoxy groups -OCH3 is 1. The first-order chi connectivity index (χ1) is 26.6. The first kappa shape index (κ1) is 38.7. The number of rotatable bonds is 9. The van der Waals surface area contributed by atoms with E-state index in [1.165, 1.54) is 13.2 Å². The van der Waals surface area contributed by atoms with Crippen LogP contribution in [0.15, 0.2) is 90.5 Å². The highest BCUT2D eigenvalue weighted by Crippen LogP contribution is 2.43. The number of nitriles is 4. The largest absolute Gasteiger partial charge is 0.465 e. The molecule has 0 aliphatic heterocycles. The minimum atomic E-state index is -0.646. The maximum atomic E-state index is 13.4. The summed E-state index contributed by atoms with van der Waals surface area (Å²) in [4.78, 5) is 39.6. The Morgan fingerprint density at radius 1 is 0.600 bits per heavy atom. The molecule has 0 saturated carbocycles. The normalized spacial score (nSPS) is 10.4. The smallest absolute Gasteiger partial charge is 0.338 e. The molecular formula is C45H34N4O6. The molecule has 1 aromatic carbocycles. The molecule has 1 aromatic rings. The van der Waals surface area contributed by atoms with E-state index in [1.807, 2.05) is 62.4 Å². The van der Waals surface area contributed by atoms with E-state index >= 15 is 0 Å². The zero-order valence-corrected chi connectivity index (χ0v) is 30.8. The summed E-state index contributed by atoms with van der Waals surface area (Å²) >= 11 is 0. The second kappa shape index (κ2) is 16.9. The van der Waals surface area contributed by atoms with Crippen LogP contribution in [0.3, 0.4) is 0 Å². The average Bonchev–Trinajstić information content (AvgIpc) is 3.53. The van der Waals surface area contributed by atoms with Crippen LogP contribution >= 0.6 is 0 Å². The maximum Gasteiger partial charge on any atom is 0.338 e. The molecule has 0 fully saturated rings. The molecule has 10 heteroatoms. The Balaban J connectivity index is 1.98. The van der Waals surface area contributed by atoms with E-state index in [-0.39, 0.29) is 52.5 Å². The quantitative estimate of drug-likeness (QED) is 0.0869. The molecule has 4 aliphatic carbocycles. The van der Waals surface area contributed by atoms with Crippen molar-refractivity contribution in [2.75, 3.05) is 20.3 Å². The van der Waals surface area contributed by atoms with Crippen LogP contribution in [0.1, 0.15) is 81.4 Å². The second-order valence-electron chi connectivity index (χ2n) is 12.5. The van der Waals surface area contributed by atoms with Crippen LogP contribution in [-0.4, -0.2) is 38.2 Å². The number of benzene rings is 1. The van der Waals surface area contributed by atoms with Gasteiger partial charge in [0.2, 0.25) is 0 Å². The van der Waals surface area contributed by atoms with Gasteiger partial charge in [-0.2, -0.15) is 21.0 Å². The third kappa shape index (κ3) is 7.53. The summed E-state index contributed by atoms with van der Waals surface area (Å²) < 4.78 is 15.8. The fourth-order valence-electron chi connectivity index (χ4n) is 6.46. The fourth-order valence-corrected chi connectivity index (χ4v) is 6.46. The van der Waals surface area contributed by atoms with E-state index in [0.717, 1.165) is 5.56 Å². The number of nitrogens with zero attached hydrogens (tertiary/aromatic N) is 4. The summed E-state index contributed by atoms with van der Waals surface area (Å²) in [5.74, 6) is -1.78. The number of carbonyl (C=O) groups excluding carboxylic acids is 3. The minimum Gasteiger partial charge on any atom is -0.465 e. The predicted octanol–water partition coefficient (Wildman–Crippen LogP) is 7.06. The molecule has 4 aliphatic rings. The van der Waals surface area contributed by atoms with E-state index in [0.29, 0.717) is 49.4 Å². The van der Waals surface area contributed by atoms with Crippen LogP contribution in [0.2, 0.25) is 0 Å². The van der Waals surface area contributed by atoms with Crippen molar-refractivity contribution in [1.82, 2.24) is 0 Å². The molecule has 0 bridgehead atoms. The first-order valence-electron chi connectivity index (χ1n) is 17.3. The van der Waals surface area contributed by atoms with Crippen molar-refractivity contribution >= 4 is 34.6 Å². The van der Waals surface area contributed by atoms with Crippen LogP contribution in [-0.2, 0) is 14.2 Å². The molecule has 5 rings (SSSR count). The van der Waals surface area contributed by atoms with E-state index in [4.69, 9.17) is 14.2 Å². The highest BCUT2D eigenvalue weighted by atomic mass is 16.5. The molecule has 0 unspecified atom stereocenters. The van der Waals surface area contributed by atoms with Crippen LogP contribution in [0.4, 0.5) is 0 Å². The predicted molar refractivity (Wildman–Crippen MR) is 204 cm³/mol. The van der Waals surface area contributed by atoms with Crippen molar-refractivity contribution in [2.24, 2.45) is 0 Å². The van der Waals surface area contributed by atoms with Crippen molar-refractivity contribution in [3.05, 3.63) is 134 Å². The van der Waals surface area contributed by atoms with Crippen LogP contribution in [0.5, 0.6) is 0 Å². The van der Waals surface area contributed by atoms with Crippen LogP contribution in [0.25, 0.3) is 39.0 Å². The molecular weight excluding hydrogens is 693 g/mol. The molecule has 0 aromatic heterocycles. The minimum absolute atomic E-state index is 0.0989. The van der Waals surface area contributed by atoms with E-state index in [1.54, 1.807) is 68.4 Å². The Labute approximate surface area is 318 Å². The third-order valence-electron chi connectivity index (χ3n) is 9.07. The molecule has 0 saturated heterocycles. The van der Waals surface area contributed by atoms with Gasteiger partial charge in [-0.1, -0.05) is 86.6 Å². The molecule has 0 radical (unpaired) electrons. The molecule has 55 heavy (non-hydrogen) atoms. The lowest BCUT2D eigenvalue weighted by Crippen LogP contribution is -2.14. The number of carbonyl (C=O) groups is 3. The number of ether oxygens (including phenoxy) is 3. The van der Waals surface area contributed by atoms with Gasteiger partial charge < -0.3 is 14.2 Å². The summed E-state index contributed by atoms with van der Waals surface area (Å²) in [6.07, 6.45) is 0. The Hall–Kier alpha value is -7.53. The second-order valence-corrected chi connectivity index (χ2v) is 12.5. The van der Waals surface area contributed by atoms with Crippen molar-refractivity contribution < 1.29 is 28.6 Å². The molecule has 0 spiro atoms. The van der Waals surface area contributed by atoms with E-state index < -0.39 is 17.9 Å². The number of esters is 3. The van der Waals surface area contributed by atoms with Gasteiger partial charge in [0.15, 0.2) is 0 Å². The molecule has 0 N–H and O–H groups in total. The van der Waals surface area contributed by atoms with Crippen molar-refractivity contribution in [3.63, 3.8) is 0 Å². The molecule has 0 amide bonds. The van der Waals surface area contributed by atoms with Gasteiger partial charge in [-0.25, -0.2) is 14.4 Å². The number of hydrogen-bond donors (Lipinski definition) is 0. The molecule has 0 heterocycles. The molecule has 10 nitrogen and oxygen atoms in total. The lowest BCUT2D eigenvalue weighted by atomic mass is 9.87. The summed E-state index contributed by atoms with van der Waals surface area (Å²) in [5, 5.41) is 41.0. The van der Waals surface area contributed by atoms with Crippen molar-refractivity contribution in [2.45, 2.75) is 33.6 Å². The van der Waals surface area contributed by atoms with Gasteiger partial charge in [-0.15, -0.1) is 0 Å². The van der Waals surface area contributed by atoms with Gasteiger partial charge in [0.25, 0.3) is 0 Å². The standard InChI is InChI=1S/C45H34N4O6/c1-6-54-44(51)38-21-39(45(52)55-7-2)35-18-16-28(15-17-34(35)38)41(32(24-48)25-49)42(29-13-11-27(12-14-29)31(22-46)23-47)37-20-40(43(50)53-5)36-19-30(26(3)4)9-8-10-33(36)37/h8-21,26H,6-7H2,1-5H3.